The third-order valence-electron chi connectivity index (χ3n) is 0. The fraction of sp³-hybridized carbons (Fsp3) is 1.00. The molecule has 0 spiro atoms. The van der Waals surface area contributed by atoms with Gasteiger partial charge in [0.25, 0.3) is 0 Å². The zero-order valence-corrected chi connectivity index (χ0v) is 46.9. The minimum absolute atomic E-state index is 0. The molecule has 56 heavy (non-hydrogen) atoms. The van der Waals surface area contributed by atoms with E-state index in [1.807, 2.05) is 0 Å². The molecule has 0 aromatic carbocycles. The maximum absolute atomic E-state index is 9.56. The Hall–Kier alpha value is 3.10. The predicted octanol–water partition coefficient (Wildman–Crippen LogP) is -6.50. The Morgan fingerprint density at radius 2 is 0.321 bits per heavy atom. The van der Waals surface area contributed by atoms with Crippen LogP contribution in [0.5, 0.6) is 0 Å². The van der Waals surface area contributed by atoms with Gasteiger partial charge in [0.2, 0.25) is 0 Å². The summed E-state index contributed by atoms with van der Waals surface area (Å²) in [5.41, 5.74) is 0. The van der Waals surface area contributed by atoms with Crippen molar-refractivity contribution < 1.29 is 180 Å². The van der Waals surface area contributed by atoms with Crippen molar-refractivity contribution >= 4 is 33.6 Å². The van der Waals surface area contributed by atoms with Crippen LogP contribution in [0.4, 0.5) is 0 Å². The summed E-state index contributed by atoms with van der Waals surface area (Å²) in [6.07, 6.45) is -0.0556. The van der Waals surface area contributed by atoms with Crippen LogP contribution >= 0.6 is 22.8 Å². The summed E-state index contributed by atoms with van der Waals surface area (Å²) >= 11 is 0. The Balaban J connectivity index is -0.0000000196. The first kappa shape index (κ1) is 113. The summed E-state index contributed by atoms with van der Waals surface area (Å²) in [4.78, 5) is 54.6. The van der Waals surface area contributed by atoms with E-state index in [0.717, 1.165) is 0 Å². The van der Waals surface area contributed by atoms with Gasteiger partial charge in [-0.25, -0.2) is 0 Å². The van der Waals surface area contributed by atoms with Crippen LogP contribution in [0.15, 0.2) is 0 Å². The van der Waals surface area contributed by atoms with Gasteiger partial charge in [-0.1, -0.05) is 134 Å². The average molecular weight is 1040 g/mol. The Morgan fingerprint density at radius 1 is 0.321 bits per heavy atom. The van der Waals surface area contributed by atoms with Gasteiger partial charge < -0.3 is 89.4 Å². The molecule has 0 aromatic rings. The molecule has 0 aliphatic heterocycles. The average Bonchev–Trinajstić information content (AvgIpc) is 2.58. The summed E-state index contributed by atoms with van der Waals surface area (Å²) in [7, 11) is -13.0. The molecule has 27 heteroatoms. The van der Waals surface area contributed by atoms with Gasteiger partial charge in [-0.3, -0.25) is 4.21 Å². The van der Waals surface area contributed by atoms with E-state index >= 15 is 0 Å². The molecule has 0 atom stereocenters. The second kappa shape index (κ2) is 81.9. The summed E-state index contributed by atoms with van der Waals surface area (Å²) in [5, 5.41) is 76.2. The van der Waals surface area contributed by atoms with Crippen LogP contribution in [-0.4, -0.2) is 85.5 Å². The van der Waals surface area contributed by atoms with Crippen molar-refractivity contribution in [2.75, 3.05) is 32.5 Å². The summed E-state index contributed by atoms with van der Waals surface area (Å²) < 4.78 is 36.9. The SMILES string of the molecule is CC(C)[O-].CC(C)[O-].CC(C)[O-].CC(C)[O-].CC(C)[O-].CC(C)[O-].CC(C)[O-].CC(C)[O-].CP(=O)([O-])[O-].CP(=O)([O-])[O-].CP(=O)([O-])[O-].CS(C)=O.[O-2].[Ti+4].[Ti+4].[Ti+4].[Ti+4]. The quantitative estimate of drug-likeness (QED) is 0.161. The second-order valence-electron chi connectivity index (χ2n) is 11.4. The van der Waals surface area contributed by atoms with Crippen LogP contribution in [-0.2, 0) is 117 Å². The largest absolute Gasteiger partial charge is 4.00 e. The molecule has 0 saturated carbocycles. The second-order valence-corrected chi connectivity index (χ2v) is 17.6. The molecule has 0 aliphatic carbocycles. The maximum Gasteiger partial charge on any atom is 4.00 e. The molecule has 0 fully saturated rings. The molecule has 0 heterocycles. The smallest absolute Gasteiger partial charge is 2.00 e. The van der Waals surface area contributed by atoms with Crippen molar-refractivity contribution in [2.24, 2.45) is 0 Å². The van der Waals surface area contributed by atoms with Gasteiger partial charge in [-0.05, 0) is 20.0 Å². The third-order valence-corrected chi connectivity index (χ3v) is 0. The molecule has 0 bridgehead atoms. The minimum Gasteiger partial charge on any atom is -2.00 e. The van der Waals surface area contributed by atoms with Crippen molar-refractivity contribution in [3.05, 3.63) is 0 Å². The molecule has 0 radical (unpaired) electrons. The van der Waals surface area contributed by atoms with Crippen molar-refractivity contribution in [1.29, 1.82) is 0 Å². The molecule has 19 nitrogen and oxygen atoms in total. The fourth-order valence-electron chi connectivity index (χ4n) is 0. The van der Waals surface area contributed by atoms with Crippen molar-refractivity contribution in [3.63, 3.8) is 0 Å². The van der Waals surface area contributed by atoms with Crippen molar-refractivity contribution in [1.82, 2.24) is 0 Å². The van der Waals surface area contributed by atoms with Crippen LogP contribution in [0.3, 0.4) is 0 Å². The van der Waals surface area contributed by atoms with Crippen LogP contribution < -0.4 is 70.2 Å². The standard InChI is InChI=1S/8C3H7O.C2H6OS.3CH5O3P.O.4Ti/c8*1-3(2)4;1-4(2)3;3*1-5(2,3)4;;;;;/h8*3H,1-2H3;1-2H3;3*1H3,(H2,2,3,4);;;;;/q8*-1;;;;;-2;4*+4/p-6. The first-order valence-electron chi connectivity index (χ1n) is 15.1. The molecular formula is C29H71O19P3STi4. The Kier molecular flexibility index (Phi) is 165. The van der Waals surface area contributed by atoms with E-state index in [4.69, 9.17) is 43.1 Å². The number of hydrogen-bond acceptors (Lipinski definition) is 18. The van der Waals surface area contributed by atoms with Gasteiger partial charge in [-0.15, -0.1) is 48.8 Å². The molecule has 0 aliphatic rings. The molecule has 0 aromatic heterocycles. The molecule has 0 saturated heterocycles. The number of hydrogen-bond donors (Lipinski definition) is 0. The predicted molar refractivity (Wildman–Crippen MR) is 182 cm³/mol. The van der Waals surface area contributed by atoms with E-state index in [9.17, 15) is 45.1 Å². The zero-order chi connectivity index (χ0) is 45.7. The Labute approximate surface area is 402 Å². The summed E-state index contributed by atoms with van der Waals surface area (Å²) in [6, 6.07) is 0. The summed E-state index contributed by atoms with van der Waals surface area (Å²) in [6.45, 7) is 27.7. The van der Waals surface area contributed by atoms with Crippen molar-refractivity contribution in [2.45, 2.75) is 160 Å². The fourth-order valence-corrected chi connectivity index (χ4v) is 0. The van der Waals surface area contributed by atoms with E-state index in [1.54, 1.807) is 123 Å². The molecule has 0 amide bonds. The molecule has 0 rings (SSSR count). The van der Waals surface area contributed by atoms with Gasteiger partial charge in [0.1, 0.15) is 0 Å². The van der Waals surface area contributed by atoms with E-state index in [2.05, 4.69) is 0 Å². The minimum atomic E-state index is -4.14. The molecular weight excluding hydrogens is 969 g/mol. The summed E-state index contributed by atoms with van der Waals surface area (Å²) in [5.74, 6) is 0. The first-order chi connectivity index (χ1) is 21.6. The van der Waals surface area contributed by atoms with Crippen molar-refractivity contribution in [3.8, 4) is 0 Å². The van der Waals surface area contributed by atoms with Gasteiger partial charge in [0.05, 0.1) is 0 Å². The van der Waals surface area contributed by atoms with Crippen LogP contribution in [0, 0.1) is 0 Å². The number of rotatable bonds is 0. The molecule has 0 unspecified atom stereocenters. The third kappa shape index (κ3) is 18700. The van der Waals surface area contributed by atoms with E-state index in [1.165, 1.54) is 0 Å². The molecule has 338 valence electrons. The normalized spacial score (nSPS) is 8.93. The zero-order valence-electron chi connectivity index (χ0n) is 37.1. The Bertz CT molecular complexity index is 573. The van der Waals surface area contributed by atoms with Crippen LogP contribution in [0.2, 0.25) is 0 Å². The maximum atomic E-state index is 9.56. The topological polar surface area (TPSA) is 420 Å². The van der Waals surface area contributed by atoms with Gasteiger partial charge in [0.15, 0.2) is 0 Å². The van der Waals surface area contributed by atoms with Crippen LogP contribution in [0.1, 0.15) is 111 Å². The van der Waals surface area contributed by atoms with E-state index < -0.39 is 82.4 Å². The van der Waals surface area contributed by atoms with Gasteiger partial charge in [-0.2, -0.15) is 0 Å². The van der Waals surface area contributed by atoms with Crippen LogP contribution in [0.25, 0.3) is 0 Å². The monoisotopic (exact) mass is 1040 g/mol. The Morgan fingerprint density at radius 3 is 0.321 bits per heavy atom. The van der Waals surface area contributed by atoms with Gasteiger partial charge >= 0.3 is 86.9 Å². The van der Waals surface area contributed by atoms with Gasteiger partial charge in [0, 0.05) is 23.3 Å². The molecule has 0 N–H and O–H groups in total. The first-order valence-corrected chi connectivity index (χ1v) is 23.0. The van der Waals surface area contributed by atoms with E-state index in [-0.39, 0.29) is 92.3 Å². The van der Waals surface area contributed by atoms with E-state index in [0.29, 0.717) is 20.0 Å².